The number of amides is 2. The molecule has 1 heterocycles. The second kappa shape index (κ2) is 5.65. The summed E-state index contributed by atoms with van der Waals surface area (Å²) in [6.07, 6.45) is 0.325. The van der Waals surface area contributed by atoms with E-state index in [-0.39, 0.29) is 11.9 Å². The van der Waals surface area contributed by atoms with Crippen LogP contribution in [0.3, 0.4) is 0 Å². The van der Waals surface area contributed by atoms with Crippen molar-refractivity contribution in [2.75, 3.05) is 19.6 Å². The molecule has 2 rings (SSSR count). The first-order chi connectivity index (χ1) is 9.13. The number of aldehydes is 1. The summed E-state index contributed by atoms with van der Waals surface area (Å²) in [5.41, 5.74) is 0.643. The predicted octanol–water partition coefficient (Wildman–Crippen LogP) is 0.558. The third-order valence-electron chi connectivity index (χ3n) is 3.32. The molecule has 0 aromatic heterocycles. The van der Waals surface area contributed by atoms with Crippen molar-refractivity contribution >= 4 is 18.1 Å². The van der Waals surface area contributed by atoms with Crippen molar-refractivity contribution < 1.29 is 14.4 Å². The third-order valence-corrected chi connectivity index (χ3v) is 3.32. The van der Waals surface area contributed by atoms with Crippen LogP contribution < -0.4 is 0 Å². The minimum atomic E-state index is -0.515. The van der Waals surface area contributed by atoms with Gasteiger partial charge in [-0.2, -0.15) is 0 Å². The molecular formula is C14H16N2O3. The van der Waals surface area contributed by atoms with Crippen LogP contribution in [-0.4, -0.2) is 53.6 Å². The van der Waals surface area contributed by atoms with E-state index in [1.54, 1.807) is 17.0 Å². The van der Waals surface area contributed by atoms with Crippen LogP contribution in [0, 0.1) is 0 Å². The topological polar surface area (TPSA) is 57.7 Å². The maximum atomic E-state index is 12.2. The van der Waals surface area contributed by atoms with Crippen LogP contribution in [0.5, 0.6) is 0 Å². The number of benzene rings is 1. The molecule has 19 heavy (non-hydrogen) atoms. The van der Waals surface area contributed by atoms with E-state index < -0.39 is 5.91 Å². The van der Waals surface area contributed by atoms with Crippen LogP contribution in [0.1, 0.15) is 17.3 Å². The number of nitrogens with zero attached hydrogens (tertiary/aromatic N) is 2. The van der Waals surface area contributed by atoms with E-state index in [4.69, 9.17) is 0 Å². The van der Waals surface area contributed by atoms with Gasteiger partial charge < -0.3 is 9.80 Å². The van der Waals surface area contributed by atoms with Gasteiger partial charge in [0.1, 0.15) is 0 Å². The first-order valence-corrected chi connectivity index (χ1v) is 6.23. The molecule has 0 bridgehead atoms. The molecule has 0 unspecified atom stereocenters. The van der Waals surface area contributed by atoms with E-state index in [1.165, 1.54) is 4.90 Å². The molecule has 1 fully saturated rings. The lowest BCUT2D eigenvalue weighted by Crippen LogP contribution is -2.55. The zero-order chi connectivity index (χ0) is 13.8. The molecule has 5 nitrogen and oxygen atoms in total. The van der Waals surface area contributed by atoms with Crippen LogP contribution in [0.2, 0.25) is 0 Å². The maximum Gasteiger partial charge on any atom is 0.287 e. The number of rotatable bonds is 2. The van der Waals surface area contributed by atoms with E-state index in [9.17, 15) is 14.4 Å². The van der Waals surface area contributed by atoms with E-state index in [2.05, 4.69) is 0 Å². The highest BCUT2D eigenvalue weighted by atomic mass is 16.2. The molecule has 5 heteroatoms. The van der Waals surface area contributed by atoms with Gasteiger partial charge in [-0.1, -0.05) is 18.2 Å². The Morgan fingerprint density at radius 2 is 1.89 bits per heavy atom. The molecule has 0 N–H and O–H groups in total. The Labute approximate surface area is 111 Å². The van der Waals surface area contributed by atoms with Crippen molar-refractivity contribution in [2.24, 2.45) is 0 Å². The lowest BCUT2D eigenvalue weighted by atomic mass is 10.1. The fraction of sp³-hybridized carbons (Fsp3) is 0.357. The molecule has 1 saturated heterocycles. The maximum absolute atomic E-state index is 12.2. The number of piperazine rings is 1. The summed E-state index contributed by atoms with van der Waals surface area (Å²) >= 11 is 0. The van der Waals surface area contributed by atoms with E-state index >= 15 is 0 Å². The van der Waals surface area contributed by atoms with Crippen molar-refractivity contribution in [1.82, 2.24) is 9.80 Å². The van der Waals surface area contributed by atoms with Crippen molar-refractivity contribution in [3.05, 3.63) is 35.9 Å². The quantitative estimate of drug-likeness (QED) is 0.576. The van der Waals surface area contributed by atoms with E-state index in [1.807, 2.05) is 25.1 Å². The highest BCUT2D eigenvalue weighted by Crippen LogP contribution is 2.13. The summed E-state index contributed by atoms with van der Waals surface area (Å²) in [4.78, 5) is 37.4. The average molecular weight is 260 g/mol. The van der Waals surface area contributed by atoms with Crippen LogP contribution in [0.4, 0.5) is 0 Å². The molecule has 0 spiro atoms. The van der Waals surface area contributed by atoms with Crippen LogP contribution >= 0.6 is 0 Å². The summed E-state index contributed by atoms with van der Waals surface area (Å²) in [6, 6.07) is 8.91. The Morgan fingerprint density at radius 1 is 1.21 bits per heavy atom. The number of carbonyl (C=O) groups is 3. The SMILES string of the molecule is C[C@@H]1CN(C(=O)c2ccccc2)CCN1C(=O)C=O. The average Bonchev–Trinajstić information content (AvgIpc) is 2.46. The minimum absolute atomic E-state index is 0.0364. The van der Waals surface area contributed by atoms with Gasteiger partial charge in [0.2, 0.25) is 6.29 Å². The summed E-state index contributed by atoms with van der Waals surface area (Å²) in [7, 11) is 0. The van der Waals surface area contributed by atoms with Gasteiger partial charge in [0, 0.05) is 31.2 Å². The fourth-order valence-electron chi connectivity index (χ4n) is 2.30. The largest absolute Gasteiger partial charge is 0.335 e. The standard InChI is InChI=1S/C14H16N2O3/c1-11-9-15(7-8-16(11)13(18)10-17)14(19)12-5-3-2-4-6-12/h2-6,10-11H,7-9H2,1H3/t11-/m1/s1. The molecular weight excluding hydrogens is 244 g/mol. The molecule has 0 saturated carbocycles. The molecule has 1 aliphatic rings. The summed E-state index contributed by atoms with van der Waals surface area (Å²) in [5.74, 6) is -0.551. The third kappa shape index (κ3) is 2.81. The van der Waals surface area contributed by atoms with Gasteiger partial charge in [0.05, 0.1) is 0 Å². The monoisotopic (exact) mass is 260 g/mol. The normalized spacial score (nSPS) is 19.1. The second-order valence-corrected chi connectivity index (χ2v) is 4.62. The number of hydrogen-bond acceptors (Lipinski definition) is 3. The summed E-state index contributed by atoms with van der Waals surface area (Å²) < 4.78 is 0. The molecule has 1 aromatic carbocycles. The van der Waals surface area contributed by atoms with Gasteiger partial charge in [0.25, 0.3) is 11.8 Å². The lowest BCUT2D eigenvalue weighted by molar-refractivity contribution is -0.141. The Balaban J connectivity index is 2.04. The van der Waals surface area contributed by atoms with Crippen molar-refractivity contribution in [3.8, 4) is 0 Å². The molecule has 2 amide bonds. The highest BCUT2D eigenvalue weighted by molar-refractivity contribution is 6.23. The Bertz CT molecular complexity index is 487. The minimum Gasteiger partial charge on any atom is -0.335 e. The summed E-state index contributed by atoms with van der Waals surface area (Å²) in [5, 5.41) is 0. The van der Waals surface area contributed by atoms with E-state index in [0.29, 0.717) is 31.5 Å². The molecule has 0 aliphatic carbocycles. The van der Waals surface area contributed by atoms with Crippen molar-refractivity contribution in [3.63, 3.8) is 0 Å². The van der Waals surface area contributed by atoms with Crippen LogP contribution in [0.25, 0.3) is 0 Å². The van der Waals surface area contributed by atoms with Crippen molar-refractivity contribution in [2.45, 2.75) is 13.0 Å². The van der Waals surface area contributed by atoms with E-state index in [0.717, 1.165) is 0 Å². The van der Waals surface area contributed by atoms with Gasteiger partial charge in [-0.3, -0.25) is 14.4 Å². The zero-order valence-electron chi connectivity index (χ0n) is 10.8. The van der Waals surface area contributed by atoms with Gasteiger partial charge >= 0.3 is 0 Å². The molecule has 1 aliphatic heterocycles. The van der Waals surface area contributed by atoms with Crippen LogP contribution in [0.15, 0.2) is 30.3 Å². The first kappa shape index (κ1) is 13.3. The molecule has 1 atom stereocenters. The highest BCUT2D eigenvalue weighted by Gasteiger charge is 2.29. The second-order valence-electron chi connectivity index (χ2n) is 4.62. The number of hydrogen-bond donors (Lipinski definition) is 0. The predicted molar refractivity (Wildman–Crippen MR) is 69.6 cm³/mol. The van der Waals surface area contributed by atoms with Gasteiger partial charge in [-0.25, -0.2) is 0 Å². The summed E-state index contributed by atoms with van der Waals surface area (Å²) in [6.45, 7) is 3.15. The Morgan fingerprint density at radius 3 is 2.47 bits per heavy atom. The Kier molecular flexibility index (Phi) is 3.94. The number of carbonyl (C=O) groups excluding carboxylic acids is 3. The molecule has 1 aromatic rings. The lowest BCUT2D eigenvalue weighted by Gasteiger charge is -2.39. The zero-order valence-corrected chi connectivity index (χ0v) is 10.8. The smallest absolute Gasteiger partial charge is 0.287 e. The first-order valence-electron chi connectivity index (χ1n) is 6.23. The Hall–Kier alpha value is -2.17. The molecule has 100 valence electrons. The van der Waals surface area contributed by atoms with Gasteiger partial charge in [-0.15, -0.1) is 0 Å². The van der Waals surface area contributed by atoms with Crippen LogP contribution in [-0.2, 0) is 9.59 Å². The van der Waals surface area contributed by atoms with Crippen molar-refractivity contribution in [1.29, 1.82) is 0 Å². The fourth-order valence-corrected chi connectivity index (χ4v) is 2.30. The van der Waals surface area contributed by atoms with Gasteiger partial charge in [0.15, 0.2) is 0 Å². The van der Waals surface area contributed by atoms with Gasteiger partial charge in [-0.05, 0) is 19.1 Å². The molecule has 0 radical (unpaired) electrons.